The number of carbonyl (C=O) groups excluding carboxylic acids is 1. The first-order valence-electron chi connectivity index (χ1n) is 6.20. The van der Waals surface area contributed by atoms with Crippen molar-refractivity contribution >= 4 is 17.7 Å². The molecule has 4 nitrogen and oxygen atoms in total. The summed E-state index contributed by atoms with van der Waals surface area (Å²) >= 11 is 1.70. The van der Waals surface area contributed by atoms with Crippen LogP contribution >= 0.6 is 11.8 Å². The molecule has 0 spiro atoms. The molecule has 1 amide bonds. The highest BCUT2D eigenvalue weighted by molar-refractivity contribution is 7.99. The summed E-state index contributed by atoms with van der Waals surface area (Å²) in [5.41, 5.74) is 6.81. The van der Waals surface area contributed by atoms with Crippen LogP contribution in [0.1, 0.15) is 19.4 Å². The molecule has 0 bridgehead atoms. The zero-order valence-electron chi connectivity index (χ0n) is 11.6. The maximum absolute atomic E-state index is 11.9. The van der Waals surface area contributed by atoms with Gasteiger partial charge in [-0.2, -0.15) is 11.8 Å². The highest BCUT2D eigenvalue weighted by atomic mass is 32.2. The number of hydrogen-bond acceptors (Lipinski definition) is 4. The Hall–Kier alpha value is -1.20. The van der Waals surface area contributed by atoms with Crippen molar-refractivity contribution < 1.29 is 9.90 Å². The number of hydrogen-bond donors (Lipinski definition) is 3. The molecule has 0 fully saturated rings. The molecule has 1 unspecified atom stereocenters. The lowest BCUT2D eigenvalue weighted by Crippen LogP contribution is -2.46. The topological polar surface area (TPSA) is 75.4 Å². The van der Waals surface area contributed by atoms with Gasteiger partial charge in [0.2, 0.25) is 5.91 Å². The van der Waals surface area contributed by atoms with Gasteiger partial charge < -0.3 is 16.2 Å². The Morgan fingerprint density at radius 2 is 2.00 bits per heavy atom. The second-order valence-electron chi connectivity index (χ2n) is 5.16. The number of phenols is 1. The van der Waals surface area contributed by atoms with Crippen molar-refractivity contribution in [3.8, 4) is 5.75 Å². The summed E-state index contributed by atoms with van der Waals surface area (Å²) in [7, 11) is 0. The van der Waals surface area contributed by atoms with Gasteiger partial charge in [0.25, 0.3) is 0 Å². The van der Waals surface area contributed by atoms with Gasteiger partial charge in [-0.25, -0.2) is 0 Å². The van der Waals surface area contributed by atoms with Crippen molar-refractivity contribution in [2.24, 2.45) is 5.73 Å². The summed E-state index contributed by atoms with van der Waals surface area (Å²) in [5, 5.41) is 12.1. The normalized spacial score (nSPS) is 13.1. The zero-order chi connectivity index (χ0) is 14.5. The van der Waals surface area contributed by atoms with Crippen LogP contribution in [0, 0.1) is 0 Å². The number of phenolic OH excluding ortho intramolecular Hbond substituents is 1. The number of aromatic hydroxyl groups is 1. The smallest absolute Gasteiger partial charge is 0.237 e. The Bertz CT molecular complexity index is 418. The lowest BCUT2D eigenvalue weighted by Gasteiger charge is -2.23. The van der Waals surface area contributed by atoms with Gasteiger partial charge in [-0.3, -0.25) is 4.79 Å². The van der Waals surface area contributed by atoms with E-state index in [0.29, 0.717) is 13.0 Å². The molecule has 0 aromatic heterocycles. The summed E-state index contributed by atoms with van der Waals surface area (Å²) < 4.78 is 0.00785. The van der Waals surface area contributed by atoms with Gasteiger partial charge >= 0.3 is 0 Å². The van der Waals surface area contributed by atoms with E-state index in [2.05, 4.69) is 19.2 Å². The average Bonchev–Trinajstić information content (AvgIpc) is 2.38. The molecule has 1 atom stereocenters. The summed E-state index contributed by atoms with van der Waals surface area (Å²) in [6.45, 7) is 4.74. The highest BCUT2D eigenvalue weighted by Gasteiger charge is 2.20. The van der Waals surface area contributed by atoms with Gasteiger partial charge in [0.05, 0.1) is 6.04 Å². The van der Waals surface area contributed by atoms with Gasteiger partial charge in [-0.15, -0.1) is 0 Å². The van der Waals surface area contributed by atoms with Crippen molar-refractivity contribution in [3.05, 3.63) is 29.8 Å². The number of carbonyl (C=O) groups is 1. The fraction of sp³-hybridized carbons (Fsp3) is 0.500. The van der Waals surface area contributed by atoms with Gasteiger partial charge in [0, 0.05) is 11.3 Å². The van der Waals surface area contributed by atoms with E-state index in [1.807, 2.05) is 6.26 Å². The van der Waals surface area contributed by atoms with Crippen LogP contribution in [0.15, 0.2) is 24.3 Å². The predicted molar refractivity (Wildman–Crippen MR) is 80.4 cm³/mol. The molecule has 0 saturated heterocycles. The monoisotopic (exact) mass is 282 g/mol. The molecule has 0 aliphatic heterocycles. The number of rotatable bonds is 6. The Kier molecular flexibility index (Phi) is 5.69. The minimum Gasteiger partial charge on any atom is -0.508 e. The van der Waals surface area contributed by atoms with Crippen molar-refractivity contribution in [1.82, 2.24) is 5.32 Å². The molecule has 106 valence electrons. The number of nitrogens with one attached hydrogen (secondary N) is 1. The fourth-order valence-electron chi connectivity index (χ4n) is 1.48. The molecule has 0 saturated carbocycles. The van der Waals surface area contributed by atoms with E-state index in [1.54, 1.807) is 36.0 Å². The van der Waals surface area contributed by atoms with E-state index >= 15 is 0 Å². The lowest BCUT2D eigenvalue weighted by molar-refractivity contribution is -0.122. The second kappa shape index (κ2) is 6.82. The summed E-state index contributed by atoms with van der Waals surface area (Å²) in [6.07, 6.45) is 2.48. The number of benzene rings is 1. The molecule has 5 heteroatoms. The third kappa shape index (κ3) is 5.53. The van der Waals surface area contributed by atoms with Crippen LogP contribution in [-0.2, 0) is 11.2 Å². The van der Waals surface area contributed by atoms with E-state index < -0.39 is 6.04 Å². The van der Waals surface area contributed by atoms with Gasteiger partial charge in [-0.1, -0.05) is 12.1 Å². The maximum Gasteiger partial charge on any atom is 0.237 e. The lowest BCUT2D eigenvalue weighted by atomic mass is 10.1. The van der Waals surface area contributed by atoms with Crippen molar-refractivity contribution in [2.45, 2.75) is 31.1 Å². The van der Waals surface area contributed by atoms with Crippen molar-refractivity contribution in [1.29, 1.82) is 0 Å². The average molecular weight is 282 g/mol. The molecule has 1 aromatic rings. The van der Waals surface area contributed by atoms with Gasteiger partial charge in [0.1, 0.15) is 5.75 Å². The molecular formula is C14H22N2O2S. The Labute approximate surface area is 118 Å². The van der Waals surface area contributed by atoms with E-state index in [9.17, 15) is 9.90 Å². The van der Waals surface area contributed by atoms with Crippen LogP contribution in [0.3, 0.4) is 0 Å². The molecule has 1 rings (SSSR count). The summed E-state index contributed by atoms with van der Waals surface area (Å²) in [4.78, 5) is 11.9. The highest BCUT2D eigenvalue weighted by Crippen LogP contribution is 2.19. The molecule has 19 heavy (non-hydrogen) atoms. The molecule has 0 heterocycles. The Morgan fingerprint density at radius 3 is 2.53 bits per heavy atom. The van der Waals surface area contributed by atoms with E-state index in [0.717, 1.165) is 5.56 Å². The molecule has 1 aromatic carbocycles. The van der Waals surface area contributed by atoms with Crippen LogP contribution in [-0.4, -0.2) is 34.6 Å². The third-order valence-electron chi connectivity index (χ3n) is 2.97. The first kappa shape index (κ1) is 15.9. The van der Waals surface area contributed by atoms with E-state index in [4.69, 9.17) is 5.73 Å². The fourth-order valence-corrected chi connectivity index (χ4v) is 1.70. The van der Waals surface area contributed by atoms with Crippen LogP contribution in [0.2, 0.25) is 0 Å². The quantitative estimate of drug-likeness (QED) is 0.739. The molecular weight excluding hydrogens is 260 g/mol. The Morgan fingerprint density at radius 1 is 1.42 bits per heavy atom. The minimum absolute atomic E-state index is 0.00785. The first-order valence-corrected chi connectivity index (χ1v) is 7.43. The second-order valence-corrected chi connectivity index (χ2v) is 6.67. The van der Waals surface area contributed by atoms with Crippen LogP contribution in [0.25, 0.3) is 0 Å². The molecule has 4 N–H and O–H groups in total. The third-order valence-corrected chi connectivity index (χ3v) is 4.22. The molecule has 0 aliphatic carbocycles. The molecule has 0 aliphatic rings. The largest absolute Gasteiger partial charge is 0.508 e. The minimum atomic E-state index is -0.567. The van der Waals surface area contributed by atoms with E-state index in [-0.39, 0.29) is 16.4 Å². The maximum atomic E-state index is 11.9. The molecule has 0 radical (unpaired) electrons. The van der Waals surface area contributed by atoms with Gasteiger partial charge in [-0.05, 0) is 44.2 Å². The van der Waals surface area contributed by atoms with Crippen LogP contribution < -0.4 is 11.1 Å². The first-order chi connectivity index (χ1) is 8.84. The standard InChI is InChI=1S/C14H22N2O2S/c1-14(2,19-3)9-16-13(18)12(15)8-10-4-6-11(17)7-5-10/h4-7,12,17H,8-9,15H2,1-3H3,(H,16,18). The summed E-state index contributed by atoms with van der Waals surface area (Å²) in [6, 6.07) is 6.16. The SMILES string of the molecule is CSC(C)(C)CNC(=O)C(N)Cc1ccc(O)cc1. The van der Waals surface area contributed by atoms with Crippen LogP contribution in [0.4, 0.5) is 0 Å². The van der Waals surface area contributed by atoms with Crippen molar-refractivity contribution in [2.75, 3.05) is 12.8 Å². The van der Waals surface area contributed by atoms with Crippen molar-refractivity contribution in [3.63, 3.8) is 0 Å². The summed E-state index contributed by atoms with van der Waals surface area (Å²) in [5.74, 6) is 0.0682. The zero-order valence-corrected chi connectivity index (χ0v) is 12.5. The number of nitrogens with two attached hydrogens (primary N) is 1. The van der Waals surface area contributed by atoms with E-state index in [1.165, 1.54) is 0 Å². The van der Waals surface area contributed by atoms with Crippen LogP contribution in [0.5, 0.6) is 5.75 Å². The number of amides is 1. The number of thioether (sulfide) groups is 1. The predicted octanol–water partition coefficient (Wildman–Crippen LogP) is 1.52. The van der Waals surface area contributed by atoms with Gasteiger partial charge in [0.15, 0.2) is 0 Å². The Balaban J connectivity index is 2.47.